The third-order valence-corrected chi connectivity index (χ3v) is 4.48. The molecule has 0 unspecified atom stereocenters. The van der Waals surface area contributed by atoms with E-state index < -0.39 is 0 Å². The lowest BCUT2D eigenvalue weighted by molar-refractivity contribution is 1.29. The van der Waals surface area contributed by atoms with Gasteiger partial charge in [0.15, 0.2) is 0 Å². The molecule has 3 heteroatoms. The van der Waals surface area contributed by atoms with Crippen LogP contribution in [0.4, 0.5) is 0 Å². The van der Waals surface area contributed by atoms with Crippen molar-refractivity contribution < 1.29 is 0 Å². The van der Waals surface area contributed by atoms with Crippen molar-refractivity contribution in [3.8, 4) is 0 Å². The molecule has 1 aromatic carbocycles. The summed E-state index contributed by atoms with van der Waals surface area (Å²) in [6, 6.07) is 8.48. The minimum atomic E-state index is -0.0130. The van der Waals surface area contributed by atoms with Crippen molar-refractivity contribution in [2.24, 2.45) is 0 Å². The smallest absolute Gasteiger partial charge is 0.318 e. The second-order valence-electron chi connectivity index (χ2n) is 3.34. The van der Waals surface area contributed by atoms with E-state index in [4.69, 9.17) is 0 Å². The number of fused-ring (bicyclic) bond motifs is 3. The fourth-order valence-electron chi connectivity index (χ4n) is 1.84. The van der Waals surface area contributed by atoms with Gasteiger partial charge in [-0.2, -0.15) is 0 Å². The third-order valence-electron chi connectivity index (χ3n) is 2.53. The number of nitrogens with zero attached hydrogens (tertiary/aromatic N) is 1. The van der Waals surface area contributed by atoms with Gasteiger partial charge in [0.25, 0.3) is 0 Å². The Hall–Kier alpha value is -0.588. The van der Waals surface area contributed by atoms with E-state index >= 15 is 0 Å². The second kappa shape index (κ2) is 3.77. The van der Waals surface area contributed by atoms with Crippen molar-refractivity contribution in [3.05, 3.63) is 39.6 Å². The first-order valence-corrected chi connectivity index (χ1v) is 7.48. The zero-order valence-electron chi connectivity index (χ0n) is 7.94. The molecular weight excluding hydrogens is 312 g/mol. The highest BCUT2D eigenvalue weighted by Crippen LogP contribution is 2.28. The van der Waals surface area contributed by atoms with Crippen molar-refractivity contribution in [3.63, 3.8) is 0 Å². The van der Waals surface area contributed by atoms with Crippen LogP contribution in [-0.2, 0) is 0 Å². The lowest BCUT2D eigenvalue weighted by Gasteiger charge is -2.00. The topological polar surface area (TPSA) is 4.93 Å². The van der Waals surface area contributed by atoms with E-state index in [0.717, 1.165) is 0 Å². The van der Waals surface area contributed by atoms with Crippen molar-refractivity contribution in [2.45, 2.75) is 0 Å². The van der Waals surface area contributed by atoms with Gasteiger partial charge in [-0.05, 0) is 43.0 Å². The minimum absolute atomic E-state index is 0.0130. The van der Waals surface area contributed by atoms with Crippen LogP contribution >= 0.6 is 20.7 Å². The van der Waals surface area contributed by atoms with Crippen LogP contribution in [0.1, 0.15) is 11.3 Å². The highest BCUT2D eigenvalue weighted by molar-refractivity contribution is 14.2. The first-order valence-electron chi connectivity index (χ1n) is 4.64. The molecule has 1 nitrogen and oxygen atoms in total. The number of hydrogen-bond donors (Lipinski definition) is 0. The molecule has 0 fully saturated rings. The highest BCUT2D eigenvalue weighted by atomic mass is 127. The molecule has 2 aromatic rings. The molecule has 2 radical (unpaired) electrons. The molecule has 15 heavy (non-hydrogen) atoms. The van der Waals surface area contributed by atoms with E-state index in [-0.39, 0.29) is 20.7 Å². The molecule has 0 N–H and O–H groups in total. The summed E-state index contributed by atoms with van der Waals surface area (Å²) in [5.41, 5.74) is 3.83. The number of aromatic nitrogens is 1. The first-order chi connectivity index (χ1) is 7.38. The van der Waals surface area contributed by atoms with Gasteiger partial charge in [-0.25, -0.2) is 0 Å². The summed E-state index contributed by atoms with van der Waals surface area (Å²) in [7, 11) is 0. The molecular formula is C12H7AlIN. The average Bonchev–Trinajstić information content (AvgIpc) is 2.48. The summed E-state index contributed by atoms with van der Waals surface area (Å²) in [5.74, 6) is 0. The average molecular weight is 319 g/mol. The Morgan fingerprint density at radius 3 is 3.07 bits per heavy atom. The highest BCUT2D eigenvalue weighted by Gasteiger charge is 2.09. The Morgan fingerprint density at radius 2 is 2.13 bits per heavy atom. The Balaban J connectivity index is 2.53. The minimum Gasteiger partial charge on any atom is -0.452 e. The van der Waals surface area contributed by atoms with Gasteiger partial charge in [0.1, 0.15) is 0 Å². The van der Waals surface area contributed by atoms with Crippen molar-refractivity contribution >= 4 is 64.0 Å². The number of para-hydroxylation sites is 1. The third kappa shape index (κ3) is 1.48. The van der Waals surface area contributed by atoms with Crippen LogP contribution in [0.25, 0.3) is 23.1 Å². The van der Waals surface area contributed by atoms with Crippen LogP contribution in [0.15, 0.2) is 28.3 Å². The molecule has 1 aliphatic heterocycles. The van der Waals surface area contributed by atoms with E-state index in [1.165, 1.54) is 22.2 Å². The Bertz CT molecular complexity index is 630. The number of benzene rings is 1. The first kappa shape index (κ1) is 9.63. The maximum atomic E-state index is 3.38. The SMILES string of the molecule is [Al][n]1c2c(c3ccccc31)C=C=IC=C2. The predicted molar refractivity (Wildman–Crippen MR) is 75.6 cm³/mol. The van der Waals surface area contributed by atoms with Crippen molar-refractivity contribution in [2.75, 3.05) is 0 Å². The summed E-state index contributed by atoms with van der Waals surface area (Å²) in [4.78, 5) is 0. The molecule has 70 valence electrons. The van der Waals surface area contributed by atoms with Crippen LogP contribution in [0, 0.1) is 0 Å². The van der Waals surface area contributed by atoms with Crippen LogP contribution in [0.5, 0.6) is 0 Å². The fraction of sp³-hybridized carbons (Fsp3) is 0. The Labute approximate surface area is 106 Å². The van der Waals surface area contributed by atoms with Gasteiger partial charge in [0.05, 0.1) is 0 Å². The molecule has 0 saturated carbocycles. The number of halogens is 1. The van der Waals surface area contributed by atoms with E-state index in [9.17, 15) is 0 Å². The standard InChI is InChI=1S/C12H7IN.Al/c1-2-4-11-9(3-1)10-5-7-13-8-6-12(10)14-11;/h1-6,8H;/q-1;+1. The van der Waals surface area contributed by atoms with Gasteiger partial charge >= 0.3 is 16.5 Å². The van der Waals surface area contributed by atoms with E-state index in [0.29, 0.717) is 0 Å². The molecule has 0 amide bonds. The summed E-state index contributed by atoms with van der Waals surface area (Å²) < 4.78 is 7.81. The fourth-order valence-corrected chi connectivity index (χ4v) is 3.51. The monoisotopic (exact) mass is 319 g/mol. The largest absolute Gasteiger partial charge is 0.452 e. The molecule has 2 heterocycles. The quantitative estimate of drug-likeness (QED) is 0.520. The summed E-state index contributed by atoms with van der Waals surface area (Å²) in [6.45, 7) is 0. The van der Waals surface area contributed by atoms with Crippen LogP contribution in [0.2, 0.25) is 0 Å². The maximum Gasteiger partial charge on any atom is 0.318 e. The van der Waals surface area contributed by atoms with E-state index in [2.05, 4.69) is 64.2 Å². The molecule has 0 saturated heterocycles. The van der Waals surface area contributed by atoms with Gasteiger partial charge in [0.2, 0.25) is 0 Å². The van der Waals surface area contributed by atoms with E-state index in [1.807, 2.05) is 0 Å². The molecule has 3 rings (SSSR count). The predicted octanol–water partition coefficient (Wildman–Crippen LogP) is 2.94. The molecule has 0 bridgehead atoms. The van der Waals surface area contributed by atoms with E-state index in [1.54, 1.807) is 0 Å². The zero-order chi connectivity index (χ0) is 10.3. The van der Waals surface area contributed by atoms with Crippen LogP contribution in [0.3, 0.4) is 0 Å². The van der Waals surface area contributed by atoms with Gasteiger partial charge in [-0.3, -0.25) is 0 Å². The maximum absolute atomic E-state index is 3.38. The number of hydrogen-bond acceptors (Lipinski definition) is 0. The summed E-state index contributed by atoms with van der Waals surface area (Å²) >= 11 is 2.77. The van der Waals surface area contributed by atoms with Crippen LogP contribution in [-0.4, -0.2) is 23.7 Å². The second-order valence-corrected chi connectivity index (χ2v) is 5.82. The molecule has 0 spiro atoms. The summed E-state index contributed by atoms with van der Waals surface area (Å²) in [5, 5.41) is 1.31. The summed E-state index contributed by atoms with van der Waals surface area (Å²) in [6.07, 6.45) is 4.36. The lowest BCUT2D eigenvalue weighted by Crippen LogP contribution is -1.93. The van der Waals surface area contributed by atoms with Crippen molar-refractivity contribution in [1.29, 1.82) is 0 Å². The zero-order valence-corrected chi connectivity index (χ0v) is 11.3. The van der Waals surface area contributed by atoms with Crippen LogP contribution < -0.4 is 0 Å². The van der Waals surface area contributed by atoms with Crippen molar-refractivity contribution in [1.82, 2.24) is 3.55 Å². The Morgan fingerprint density at radius 1 is 1.27 bits per heavy atom. The molecule has 0 atom stereocenters. The molecule has 0 aliphatic carbocycles. The van der Waals surface area contributed by atoms with Gasteiger partial charge < -0.3 is 3.55 Å². The molecule has 1 aliphatic rings. The molecule has 1 aromatic heterocycles. The van der Waals surface area contributed by atoms with Gasteiger partial charge in [0, 0.05) is 22.2 Å². The normalized spacial score (nSPS) is 13.6. The Kier molecular flexibility index (Phi) is 2.42. The van der Waals surface area contributed by atoms with Gasteiger partial charge in [-0.15, -0.1) is 0 Å². The lowest BCUT2D eigenvalue weighted by atomic mass is 10.1. The number of rotatable bonds is 0. The van der Waals surface area contributed by atoms with Gasteiger partial charge in [-0.1, -0.05) is 21.9 Å².